The summed E-state index contributed by atoms with van der Waals surface area (Å²) in [6, 6.07) is 11.6. The number of alkyl halides is 2. The van der Waals surface area contributed by atoms with Crippen LogP contribution in [-0.2, 0) is 9.53 Å². The van der Waals surface area contributed by atoms with Crippen molar-refractivity contribution in [2.24, 2.45) is 5.92 Å². The highest BCUT2D eigenvalue weighted by Gasteiger charge is 2.22. The Kier molecular flexibility index (Phi) is 6.24. The predicted octanol–water partition coefficient (Wildman–Crippen LogP) is 4.33. The predicted molar refractivity (Wildman–Crippen MR) is 97.2 cm³/mol. The number of amides is 1. The highest BCUT2D eigenvalue weighted by atomic mass is 19.3. The molecular weight excluding hydrogens is 356 g/mol. The zero-order valence-electron chi connectivity index (χ0n) is 14.9. The Balaban J connectivity index is 1.86. The Hall–Kier alpha value is -2.67. The average Bonchev–Trinajstić information content (AvgIpc) is 2.69. The first kappa shape index (κ1) is 19.1. The van der Waals surface area contributed by atoms with Crippen molar-refractivity contribution in [1.29, 1.82) is 0 Å². The van der Waals surface area contributed by atoms with Gasteiger partial charge in [0.05, 0.1) is 7.11 Å². The normalized spacial score (nSPS) is 14.8. The SMILES string of the molecule is COc1ccc(-c2cc(NC(=O)C3CCOCC3)ccc2OC(F)F)cc1. The lowest BCUT2D eigenvalue weighted by Crippen LogP contribution is -2.28. The van der Waals surface area contributed by atoms with Crippen molar-refractivity contribution >= 4 is 11.6 Å². The maximum absolute atomic E-state index is 12.8. The Bertz CT molecular complexity index is 774. The summed E-state index contributed by atoms with van der Waals surface area (Å²) in [7, 11) is 1.55. The highest BCUT2D eigenvalue weighted by Crippen LogP contribution is 2.35. The van der Waals surface area contributed by atoms with Gasteiger partial charge < -0.3 is 19.5 Å². The zero-order chi connectivity index (χ0) is 19.2. The molecule has 5 nitrogen and oxygen atoms in total. The average molecular weight is 377 g/mol. The van der Waals surface area contributed by atoms with E-state index in [4.69, 9.17) is 9.47 Å². The van der Waals surface area contributed by atoms with Gasteiger partial charge in [0.15, 0.2) is 0 Å². The third-order valence-electron chi connectivity index (χ3n) is 4.46. The van der Waals surface area contributed by atoms with Crippen molar-refractivity contribution < 1.29 is 27.8 Å². The first-order chi connectivity index (χ1) is 13.1. The van der Waals surface area contributed by atoms with Crippen LogP contribution < -0.4 is 14.8 Å². The van der Waals surface area contributed by atoms with Crippen molar-refractivity contribution in [2.45, 2.75) is 19.5 Å². The lowest BCUT2D eigenvalue weighted by molar-refractivity contribution is -0.122. The fourth-order valence-electron chi connectivity index (χ4n) is 3.01. The Morgan fingerprint density at radius 2 is 1.85 bits per heavy atom. The van der Waals surface area contributed by atoms with E-state index in [-0.39, 0.29) is 17.6 Å². The lowest BCUT2D eigenvalue weighted by Gasteiger charge is -2.21. The van der Waals surface area contributed by atoms with Gasteiger partial charge in [0.1, 0.15) is 11.5 Å². The van der Waals surface area contributed by atoms with Crippen LogP contribution in [-0.4, -0.2) is 32.8 Å². The number of anilines is 1. The van der Waals surface area contributed by atoms with Crippen LogP contribution in [0.5, 0.6) is 11.5 Å². The van der Waals surface area contributed by atoms with Crippen LogP contribution in [0.4, 0.5) is 14.5 Å². The minimum atomic E-state index is -2.94. The molecule has 0 aliphatic carbocycles. The maximum Gasteiger partial charge on any atom is 0.387 e. The summed E-state index contributed by atoms with van der Waals surface area (Å²) in [6.45, 7) is -1.81. The first-order valence-corrected chi connectivity index (χ1v) is 8.68. The van der Waals surface area contributed by atoms with Crippen molar-refractivity contribution in [1.82, 2.24) is 0 Å². The fourth-order valence-corrected chi connectivity index (χ4v) is 3.01. The minimum Gasteiger partial charge on any atom is -0.497 e. The van der Waals surface area contributed by atoms with Crippen molar-refractivity contribution in [3.8, 4) is 22.6 Å². The summed E-state index contributed by atoms with van der Waals surface area (Å²) in [5.41, 5.74) is 1.66. The minimum absolute atomic E-state index is 0.0410. The summed E-state index contributed by atoms with van der Waals surface area (Å²) in [4.78, 5) is 12.4. The van der Waals surface area contributed by atoms with Gasteiger partial charge >= 0.3 is 6.61 Å². The Morgan fingerprint density at radius 1 is 1.15 bits per heavy atom. The molecule has 27 heavy (non-hydrogen) atoms. The van der Waals surface area contributed by atoms with E-state index in [1.165, 1.54) is 6.07 Å². The summed E-state index contributed by atoms with van der Waals surface area (Å²) in [6.07, 6.45) is 1.34. The number of hydrogen-bond acceptors (Lipinski definition) is 4. The van der Waals surface area contributed by atoms with Crippen LogP contribution in [0.1, 0.15) is 12.8 Å². The molecule has 0 aromatic heterocycles. The van der Waals surface area contributed by atoms with E-state index in [0.29, 0.717) is 48.6 Å². The van der Waals surface area contributed by atoms with Crippen molar-refractivity contribution in [2.75, 3.05) is 25.6 Å². The summed E-state index contributed by atoms with van der Waals surface area (Å²) in [5, 5.41) is 2.86. The number of nitrogens with one attached hydrogen (secondary N) is 1. The number of methoxy groups -OCH3 is 1. The molecule has 0 radical (unpaired) electrons. The molecule has 0 saturated carbocycles. The van der Waals surface area contributed by atoms with Crippen molar-refractivity contribution in [3.63, 3.8) is 0 Å². The first-order valence-electron chi connectivity index (χ1n) is 8.68. The molecule has 1 heterocycles. The van der Waals surface area contributed by atoms with E-state index in [2.05, 4.69) is 10.1 Å². The summed E-state index contributed by atoms with van der Waals surface area (Å²) >= 11 is 0. The summed E-state index contributed by atoms with van der Waals surface area (Å²) < 4.78 is 40.6. The number of rotatable bonds is 6. The van der Waals surface area contributed by atoms with Gasteiger partial charge in [-0.15, -0.1) is 0 Å². The molecule has 1 aliphatic rings. The quantitative estimate of drug-likeness (QED) is 0.814. The van der Waals surface area contributed by atoms with E-state index < -0.39 is 6.61 Å². The second kappa shape index (κ2) is 8.81. The Morgan fingerprint density at radius 3 is 2.48 bits per heavy atom. The van der Waals surface area contributed by atoms with Crippen LogP contribution in [0.2, 0.25) is 0 Å². The topological polar surface area (TPSA) is 56.8 Å². The van der Waals surface area contributed by atoms with E-state index in [9.17, 15) is 13.6 Å². The van der Waals surface area contributed by atoms with E-state index >= 15 is 0 Å². The molecular formula is C20H21F2NO4. The van der Waals surface area contributed by atoms with E-state index in [1.54, 1.807) is 43.5 Å². The smallest absolute Gasteiger partial charge is 0.387 e. The second-order valence-electron chi connectivity index (χ2n) is 6.19. The maximum atomic E-state index is 12.8. The van der Waals surface area contributed by atoms with Gasteiger partial charge in [-0.25, -0.2) is 0 Å². The molecule has 7 heteroatoms. The molecule has 144 valence electrons. The van der Waals surface area contributed by atoms with Gasteiger partial charge in [0, 0.05) is 30.4 Å². The third-order valence-corrected chi connectivity index (χ3v) is 4.46. The molecule has 3 rings (SSSR count). The van der Waals surface area contributed by atoms with Gasteiger partial charge in [-0.05, 0) is 48.7 Å². The van der Waals surface area contributed by atoms with Crippen LogP contribution in [0, 0.1) is 5.92 Å². The molecule has 2 aromatic rings. The van der Waals surface area contributed by atoms with E-state index in [0.717, 1.165) is 0 Å². The molecule has 0 bridgehead atoms. The second-order valence-corrected chi connectivity index (χ2v) is 6.19. The molecule has 0 unspecified atom stereocenters. The molecule has 0 atom stereocenters. The standard InChI is InChI=1S/C20H21F2NO4/c1-25-16-5-2-13(3-6-16)17-12-15(4-7-18(17)27-20(21)22)23-19(24)14-8-10-26-11-9-14/h2-7,12,14,20H,8-11H2,1H3,(H,23,24). The van der Waals surface area contributed by atoms with Gasteiger partial charge in [-0.3, -0.25) is 4.79 Å². The lowest BCUT2D eigenvalue weighted by atomic mass is 9.99. The monoisotopic (exact) mass is 377 g/mol. The molecule has 1 amide bonds. The third kappa shape index (κ3) is 4.95. The van der Waals surface area contributed by atoms with Gasteiger partial charge in [0.2, 0.25) is 5.91 Å². The highest BCUT2D eigenvalue weighted by molar-refractivity contribution is 5.93. The number of halogens is 2. The largest absolute Gasteiger partial charge is 0.497 e. The van der Waals surface area contributed by atoms with Gasteiger partial charge in [-0.1, -0.05) is 12.1 Å². The molecule has 1 fully saturated rings. The van der Waals surface area contributed by atoms with Gasteiger partial charge in [-0.2, -0.15) is 8.78 Å². The summed E-state index contributed by atoms with van der Waals surface area (Å²) in [5.74, 6) is 0.486. The number of hydrogen-bond donors (Lipinski definition) is 1. The van der Waals surface area contributed by atoms with Crippen LogP contribution in [0.25, 0.3) is 11.1 Å². The van der Waals surface area contributed by atoms with Crippen molar-refractivity contribution in [3.05, 3.63) is 42.5 Å². The van der Waals surface area contributed by atoms with Crippen LogP contribution in [0.3, 0.4) is 0 Å². The molecule has 1 N–H and O–H groups in total. The number of carbonyl (C=O) groups is 1. The molecule has 2 aromatic carbocycles. The van der Waals surface area contributed by atoms with E-state index in [1.807, 2.05) is 0 Å². The molecule has 1 aliphatic heterocycles. The molecule has 1 saturated heterocycles. The zero-order valence-corrected chi connectivity index (χ0v) is 14.9. The van der Waals surface area contributed by atoms with Gasteiger partial charge in [0.25, 0.3) is 0 Å². The van der Waals surface area contributed by atoms with Crippen LogP contribution in [0.15, 0.2) is 42.5 Å². The van der Waals surface area contributed by atoms with Crippen LogP contribution >= 0.6 is 0 Å². The molecule has 0 spiro atoms. The number of ether oxygens (including phenoxy) is 3. The fraction of sp³-hybridized carbons (Fsp3) is 0.350. The number of carbonyl (C=O) groups excluding carboxylic acids is 1. The Labute approximate surface area is 156 Å². The number of benzene rings is 2.